The fourth-order valence-corrected chi connectivity index (χ4v) is 2.28. The zero-order chi connectivity index (χ0) is 14.6. The number of aromatic nitrogens is 3. The molecule has 0 unspecified atom stereocenters. The third-order valence-corrected chi connectivity index (χ3v) is 3.75. The lowest BCUT2D eigenvalue weighted by atomic mass is 10.4. The van der Waals surface area contributed by atoms with Gasteiger partial charge in [-0.2, -0.15) is 0 Å². The molecular weight excluding hydrogens is 282 g/mol. The van der Waals surface area contributed by atoms with E-state index in [4.69, 9.17) is 14.2 Å². The Bertz CT molecular complexity index is 605. The first-order valence-corrected chi connectivity index (χ1v) is 6.93. The van der Waals surface area contributed by atoms with Crippen molar-refractivity contribution in [1.29, 1.82) is 0 Å². The van der Waals surface area contributed by atoms with Crippen molar-refractivity contribution < 1.29 is 14.2 Å². The number of hydrogen-bond acceptors (Lipinski definition) is 6. The maximum absolute atomic E-state index is 12.4. The van der Waals surface area contributed by atoms with Gasteiger partial charge in [0.1, 0.15) is 0 Å². The van der Waals surface area contributed by atoms with Crippen LogP contribution in [0.3, 0.4) is 0 Å². The predicted molar refractivity (Wildman–Crippen MR) is 68.4 cm³/mol. The number of hydrogen-bond donors (Lipinski definition) is 0. The highest BCUT2D eigenvalue weighted by Gasteiger charge is 2.31. The first-order chi connectivity index (χ1) is 10.1. The number of ether oxygens (including phenoxy) is 3. The maximum Gasteiger partial charge on any atom is 0.336 e. The van der Waals surface area contributed by atoms with Crippen LogP contribution in [0.1, 0.15) is 0 Å². The second kappa shape index (κ2) is 4.65. The van der Waals surface area contributed by atoms with Gasteiger partial charge < -0.3 is 14.2 Å². The van der Waals surface area contributed by atoms with Gasteiger partial charge >= 0.3 is 17.1 Å². The van der Waals surface area contributed by atoms with Gasteiger partial charge in [-0.05, 0) is 0 Å². The second-order valence-corrected chi connectivity index (χ2v) is 5.55. The molecule has 0 bridgehead atoms. The average Bonchev–Trinajstić information content (AvgIpc) is 3.31. The van der Waals surface area contributed by atoms with E-state index < -0.39 is 17.1 Å². The Morgan fingerprint density at radius 1 is 0.667 bits per heavy atom. The molecule has 0 saturated carbocycles. The SMILES string of the molecule is O=c1n(C[C@H]2CO2)c(=O)n(C[C@@H]2CO2)c(=O)n1C[C@H]1CO1. The van der Waals surface area contributed by atoms with Crippen molar-refractivity contribution in [1.82, 2.24) is 13.7 Å². The lowest BCUT2D eigenvalue weighted by molar-refractivity contribution is 0.327. The van der Waals surface area contributed by atoms with Crippen LogP contribution in [-0.4, -0.2) is 51.8 Å². The van der Waals surface area contributed by atoms with Gasteiger partial charge in [0.2, 0.25) is 0 Å². The highest BCUT2D eigenvalue weighted by Crippen LogP contribution is 2.12. The molecule has 9 heteroatoms. The van der Waals surface area contributed by atoms with E-state index in [2.05, 4.69) is 0 Å². The number of rotatable bonds is 6. The van der Waals surface area contributed by atoms with Crippen LogP contribution in [0.4, 0.5) is 0 Å². The van der Waals surface area contributed by atoms with Crippen molar-refractivity contribution in [2.45, 2.75) is 37.9 Å². The minimum Gasteiger partial charge on any atom is -0.371 e. The van der Waals surface area contributed by atoms with E-state index in [0.29, 0.717) is 19.8 Å². The quantitative estimate of drug-likeness (QED) is 0.532. The molecule has 3 atom stereocenters. The predicted octanol–water partition coefficient (Wildman–Crippen LogP) is -2.63. The molecule has 0 aromatic carbocycles. The van der Waals surface area contributed by atoms with Gasteiger partial charge in [0.25, 0.3) is 0 Å². The van der Waals surface area contributed by atoms with Gasteiger partial charge in [0.15, 0.2) is 0 Å². The molecule has 4 rings (SSSR count). The summed E-state index contributed by atoms with van der Waals surface area (Å²) in [6.45, 7) is 2.12. The highest BCUT2D eigenvalue weighted by molar-refractivity contribution is 4.86. The van der Waals surface area contributed by atoms with E-state index >= 15 is 0 Å². The van der Waals surface area contributed by atoms with Crippen molar-refractivity contribution in [2.75, 3.05) is 19.8 Å². The normalized spacial score (nSPS) is 29.4. The highest BCUT2D eigenvalue weighted by atomic mass is 16.6. The Morgan fingerprint density at radius 3 is 1.10 bits per heavy atom. The summed E-state index contributed by atoms with van der Waals surface area (Å²) in [6.07, 6.45) is -0.363. The van der Waals surface area contributed by atoms with Crippen molar-refractivity contribution in [2.24, 2.45) is 0 Å². The molecule has 3 saturated heterocycles. The first kappa shape index (κ1) is 13.0. The smallest absolute Gasteiger partial charge is 0.336 e. The fraction of sp³-hybridized carbons (Fsp3) is 0.750. The van der Waals surface area contributed by atoms with Gasteiger partial charge in [0, 0.05) is 0 Å². The molecule has 0 amide bonds. The Labute approximate surface area is 118 Å². The van der Waals surface area contributed by atoms with Gasteiger partial charge in [-0.25, -0.2) is 28.1 Å². The Morgan fingerprint density at radius 2 is 0.905 bits per heavy atom. The van der Waals surface area contributed by atoms with Crippen LogP contribution in [0.25, 0.3) is 0 Å². The zero-order valence-electron chi connectivity index (χ0n) is 11.3. The molecule has 9 nitrogen and oxygen atoms in total. The molecule has 1 aromatic heterocycles. The summed E-state index contributed by atoms with van der Waals surface area (Å²) < 4.78 is 18.4. The third kappa shape index (κ3) is 2.59. The molecule has 21 heavy (non-hydrogen) atoms. The number of nitrogens with zero attached hydrogens (tertiary/aromatic N) is 3. The van der Waals surface area contributed by atoms with E-state index in [1.54, 1.807) is 0 Å². The Kier molecular flexibility index (Phi) is 2.88. The molecule has 0 spiro atoms. The van der Waals surface area contributed by atoms with Gasteiger partial charge in [-0.1, -0.05) is 0 Å². The van der Waals surface area contributed by atoms with Crippen LogP contribution in [0.5, 0.6) is 0 Å². The van der Waals surface area contributed by atoms with Crippen LogP contribution in [-0.2, 0) is 33.8 Å². The molecule has 4 heterocycles. The zero-order valence-corrected chi connectivity index (χ0v) is 11.3. The van der Waals surface area contributed by atoms with Crippen molar-refractivity contribution in [3.63, 3.8) is 0 Å². The Balaban J connectivity index is 1.81. The largest absolute Gasteiger partial charge is 0.371 e. The topological polar surface area (TPSA) is 104 Å². The Hall–Kier alpha value is -1.71. The van der Waals surface area contributed by atoms with Crippen LogP contribution >= 0.6 is 0 Å². The fourth-order valence-electron chi connectivity index (χ4n) is 2.28. The lowest BCUT2D eigenvalue weighted by Crippen LogP contribution is -2.55. The van der Waals surface area contributed by atoms with Crippen LogP contribution < -0.4 is 17.1 Å². The van der Waals surface area contributed by atoms with Crippen LogP contribution in [0, 0.1) is 0 Å². The molecular formula is C12H15N3O6. The lowest BCUT2D eigenvalue weighted by Gasteiger charge is -2.12. The standard InChI is InChI=1S/C12H15N3O6/c16-10-13(1-7-4-19-7)11(17)15(3-9-6-21-9)12(18)14(10)2-8-5-20-8/h7-9H,1-6H2/t7-,8-,9+/m0/s1. The third-order valence-electron chi connectivity index (χ3n) is 3.75. The summed E-state index contributed by atoms with van der Waals surface area (Å²) in [5, 5.41) is 0. The molecule has 0 N–H and O–H groups in total. The van der Waals surface area contributed by atoms with E-state index in [1.165, 1.54) is 0 Å². The summed E-state index contributed by atoms with van der Waals surface area (Å²) >= 11 is 0. The molecule has 114 valence electrons. The van der Waals surface area contributed by atoms with E-state index in [9.17, 15) is 14.4 Å². The minimum atomic E-state index is -0.594. The van der Waals surface area contributed by atoms with Crippen molar-refractivity contribution >= 4 is 0 Å². The van der Waals surface area contributed by atoms with Gasteiger partial charge in [0.05, 0.1) is 57.8 Å². The average molecular weight is 297 g/mol. The molecule has 3 aliphatic rings. The van der Waals surface area contributed by atoms with Crippen LogP contribution in [0.15, 0.2) is 14.4 Å². The summed E-state index contributed by atoms with van der Waals surface area (Å²) in [5.41, 5.74) is -1.78. The van der Waals surface area contributed by atoms with Gasteiger partial charge in [-0.3, -0.25) is 0 Å². The van der Waals surface area contributed by atoms with E-state index in [-0.39, 0.29) is 37.9 Å². The summed E-state index contributed by atoms with van der Waals surface area (Å²) in [7, 11) is 0. The van der Waals surface area contributed by atoms with E-state index in [0.717, 1.165) is 13.7 Å². The van der Waals surface area contributed by atoms with Crippen LogP contribution in [0.2, 0.25) is 0 Å². The monoisotopic (exact) mass is 297 g/mol. The van der Waals surface area contributed by atoms with Crippen molar-refractivity contribution in [3.8, 4) is 0 Å². The molecule has 0 radical (unpaired) electrons. The summed E-state index contributed by atoms with van der Waals surface area (Å²) in [5.74, 6) is 0. The summed E-state index contributed by atoms with van der Waals surface area (Å²) in [6, 6.07) is 0. The number of epoxide rings is 3. The van der Waals surface area contributed by atoms with Gasteiger partial charge in [-0.15, -0.1) is 0 Å². The summed E-state index contributed by atoms with van der Waals surface area (Å²) in [4.78, 5) is 37.1. The maximum atomic E-state index is 12.4. The molecule has 1 aromatic rings. The first-order valence-electron chi connectivity index (χ1n) is 6.93. The minimum absolute atomic E-state index is 0.121. The molecule has 3 aliphatic heterocycles. The van der Waals surface area contributed by atoms with Crippen molar-refractivity contribution in [3.05, 3.63) is 31.5 Å². The molecule has 0 aliphatic carbocycles. The second-order valence-electron chi connectivity index (χ2n) is 5.55. The molecule has 3 fully saturated rings. The van der Waals surface area contributed by atoms with E-state index in [1.807, 2.05) is 0 Å².